The predicted molar refractivity (Wildman–Crippen MR) is 99.0 cm³/mol. The number of carbonyl (C=O) groups is 3. The minimum Gasteiger partial charge on any atom is -0.338 e. The Hall–Kier alpha value is -2.21. The SMILES string of the molecule is CCCCN1C(=O)c2ccc(C(=O)N3CCC(N)C(C)(C)C3)cc2C1=O. The topological polar surface area (TPSA) is 83.7 Å². The molecule has 2 aliphatic heterocycles. The Balaban J connectivity index is 1.82. The zero-order chi connectivity index (χ0) is 19.1. The summed E-state index contributed by atoms with van der Waals surface area (Å²) in [7, 11) is 0. The molecule has 1 aromatic rings. The first-order valence-corrected chi connectivity index (χ1v) is 9.31. The van der Waals surface area contributed by atoms with E-state index in [0.29, 0.717) is 36.3 Å². The molecular formula is C20H27N3O3. The van der Waals surface area contributed by atoms with E-state index in [1.807, 2.05) is 6.92 Å². The third-order valence-electron chi connectivity index (χ3n) is 5.55. The number of likely N-dealkylation sites (tertiary alicyclic amines) is 1. The zero-order valence-electron chi connectivity index (χ0n) is 15.7. The van der Waals surface area contributed by atoms with Crippen LogP contribution in [-0.2, 0) is 0 Å². The number of hydrogen-bond donors (Lipinski definition) is 1. The van der Waals surface area contributed by atoms with Crippen LogP contribution in [0.3, 0.4) is 0 Å². The van der Waals surface area contributed by atoms with Crippen molar-refractivity contribution in [1.29, 1.82) is 0 Å². The fourth-order valence-corrected chi connectivity index (χ4v) is 3.67. The predicted octanol–water partition coefficient (Wildman–Crippen LogP) is 2.28. The summed E-state index contributed by atoms with van der Waals surface area (Å²) in [5.74, 6) is -0.670. The average molecular weight is 357 g/mol. The summed E-state index contributed by atoms with van der Waals surface area (Å²) in [5.41, 5.74) is 7.19. The molecule has 0 aliphatic carbocycles. The number of unbranched alkanes of at least 4 members (excludes halogenated alkanes) is 1. The third-order valence-corrected chi connectivity index (χ3v) is 5.55. The standard InChI is InChI=1S/C20H27N3O3/c1-4-5-9-23-18(25)14-7-6-13(11-15(14)19(23)26)17(24)22-10-8-16(21)20(2,3)12-22/h6-7,11,16H,4-5,8-10,12,21H2,1-3H3. The van der Waals surface area contributed by atoms with Crippen molar-refractivity contribution in [2.75, 3.05) is 19.6 Å². The molecule has 2 aliphatic rings. The lowest BCUT2D eigenvalue weighted by Gasteiger charge is -2.42. The smallest absolute Gasteiger partial charge is 0.261 e. The van der Waals surface area contributed by atoms with E-state index < -0.39 is 0 Å². The van der Waals surface area contributed by atoms with Gasteiger partial charge in [-0.1, -0.05) is 27.2 Å². The number of amides is 3. The second-order valence-electron chi connectivity index (χ2n) is 7.99. The van der Waals surface area contributed by atoms with Gasteiger partial charge in [0.1, 0.15) is 0 Å². The first-order valence-electron chi connectivity index (χ1n) is 9.31. The monoisotopic (exact) mass is 357 g/mol. The van der Waals surface area contributed by atoms with E-state index in [0.717, 1.165) is 19.3 Å². The van der Waals surface area contributed by atoms with Gasteiger partial charge in [-0.2, -0.15) is 0 Å². The molecule has 6 nitrogen and oxygen atoms in total. The third kappa shape index (κ3) is 3.14. The van der Waals surface area contributed by atoms with Crippen LogP contribution < -0.4 is 5.73 Å². The number of nitrogens with zero attached hydrogens (tertiary/aromatic N) is 2. The number of piperidine rings is 1. The van der Waals surface area contributed by atoms with E-state index in [4.69, 9.17) is 5.73 Å². The maximum atomic E-state index is 12.9. The molecule has 1 fully saturated rings. The molecule has 1 atom stereocenters. The first-order chi connectivity index (χ1) is 12.3. The van der Waals surface area contributed by atoms with E-state index in [2.05, 4.69) is 13.8 Å². The first kappa shape index (κ1) is 18.6. The van der Waals surface area contributed by atoms with Crippen LogP contribution in [0.4, 0.5) is 0 Å². The summed E-state index contributed by atoms with van der Waals surface area (Å²) in [6.45, 7) is 7.75. The highest BCUT2D eigenvalue weighted by Gasteiger charge is 2.38. The van der Waals surface area contributed by atoms with Gasteiger partial charge in [-0.05, 0) is 36.5 Å². The number of hydrogen-bond acceptors (Lipinski definition) is 4. The molecule has 2 N–H and O–H groups in total. The highest BCUT2D eigenvalue weighted by molar-refractivity contribution is 6.22. The number of imide groups is 1. The van der Waals surface area contributed by atoms with Crippen LogP contribution in [0.5, 0.6) is 0 Å². The van der Waals surface area contributed by atoms with E-state index in [1.54, 1.807) is 23.1 Å². The molecular weight excluding hydrogens is 330 g/mol. The quantitative estimate of drug-likeness (QED) is 0.838. The lowest BCUT2D eigenvalue weighted by atomic mass is 9.79. The van der Waals surface area contributed by atoms with Crippen LogP contribution in [-0.4, -0.2) is 53.2 Å². The van der Waals surface area contributed by atoms with Gasteiger partial charge in [-0.3, -0.25) is 19.3 Å². The molecule has 2 heterocycles. The largest absolute Gasteiger partial charge is 0.338 e. The molecule has 1 aromatic carbocycles. The van der Waals surface area contributed by atoms with Gasteiger partial charge in [0.25, 0.3) is 17.7 Å². The van der Waals surface area contributed by atoms with Gasteiger partial charge < -0.3 is 10.6 Å². The molecule has 0 saturated carbocycles. The van der Waals surface area contributed by atoms with Crippen molar-refractivity contribution >= 4 is 17.7 Å². The van der Waals surface area contributed by atoms with E-state index in [9.17, 15) is 14.4 Å². The minimum absolute atomic E-state index is 0.0675. The zero-order valence-corrected chi connectivity index (χ0v) is 15.7. The molecule has 3 rings (SSSR count). The van der Waals surface area contributed by atoms with Gasteiger partial charge in [0, 0.05) is 31.2 Å². The Morgan fingerprint density at radius 2 is 1.92 bits per heavy atom. The van der Waals surface area contributed by atoms with Gasteiger partial charge in [0.15, 0.2) is 0 Å². The molecule has 1 unspecified atom stereocenters. The van der Waals surface area contributed by atoms with E-state index in [-0.39, 0.29) is 29.2 Å². The highest BCUT2D eigenvalue weighted by Crippen LogP contribution is 2.30. The van der Waals surface area contributed by atoms with Crippen LogP contribution in [0.15, 0.2) is 18.2 Å². The van der Waals surface area contributed by atoms with Crippen LogP contribution >= 0.6 is 0 Å². The Morgan fingerprint density at radius 1 is 1.23 bits per heavy atom. The maximum absolute atomic E-state index is 12.9. The van der Waals surface area contributed by atoms with Gasteiger partial charge in [-0.15, -0.1) is 0 Å². The Bertz CT molecular complexity index is 757. The minimum atomic E-state index is -0.297. The van der Waals surface area contributed by atoms with Crippen molar-refractivity contribution in [3.8, 4) is 0 Å². The summed E-state index contributed by atoms with van der Waals surface area (Å²) in [5, 5.41) is 0. The van der Waals surface area contributed by atoms with Crippen molar-refractivity contribution in [2.24, 2.45) is 11.1 Å². The molecule has 0 radical (unpaired) electrons. The van der Waals surface area contributed by atoms with Gasteiger partial charge >= 0.3 is 0 Å². The fraction of sp³-hybridized carbons (Fsp3) is 0.550. The number of fused-ring (bicyclic) bond motifs is 1. The summed E-state index contributed by atoms with van der Waals surface area (Å²) < 4.78 is 0. The number of carbonyl (C=O) groups excluding carboxylic acids is 3. The van der Waals surface area contributed by atoms with Gasteiger partial charge in [0.2, 0.25) is 0 Å². The lowest BCUT2D eigenvalue weighted by Crippen LogP contribution is -2.54. The van der Waals surface area contributed by atoms with Gasteiger partial charge in [-0.25, -0.2) is 0 Å². The Kier molecular flexibility index (Phi) is 4.88. The summed E-state index contributed by atoms with van der Waals surface area (Å²) >= 11 is 0. The van der Waals surface area contributed by atoms with Crippen molar-refractivity contribution in [2.45, 2.75) is 46.1 Å². The van der Waals surface area contributed by atoms with Crippen molar-refractivity contribution in [3.63, 3.8) is 0 Å². The second kappa shape index (κ2) is 6.83. The van der Waals surface area contributed by atoms with E-state index in [1.165, 1.54) is 4.90 Å². The van der Waals surface area contributed by atoms with Crippen LogP contribution in [0, 0.1) is 5.41 Å². The molecule has 0 bridgehead atoms. The van der Waals surface area contributed by atoms with Gasteiger partial charge in [0.05, 0.1) is 11.1 Å². The molecule has 0 aromatic heterocycles. The summed E-state index contributed by atoms with van der Waals surface area (Å²) in [4.78, 5) is 41.0. The molecule has 0 spiro atoms. The molecule has 140 valence electrons. The Morgan fingerprint density at radius 3 is 2.58 bits per heavy atom. The summed E-state index contributed by atoms with van der Waals surface area (Å²) in [6.07, 6.45) is 2.44. The Labute approximate surface area is 154 Å². The van der Waals surface area contributed by atoms with Crippen LogP contribution in [0.1, 0.15) is 71.1 Å². The molecule has 1 saturated heterocycles. The fourth-order valence-electron chi connectivity index (χ4n) is 3.67. The lowest BCUT2D eigenvalue weighted by molar-refractivity contribution is 0.0532. The van der Waals surface area contributed by atoms with Crippen LogP contribution in [0.2, 0.25) is 0 Å². The number of nitrogens with two attached hydrogens (primary N) is 1. The second-order valence-corrected chi connectivity index (χ2v) is 7.99. The normalized spacial score (nSPS) is 21.9. The number of rotatable bonds is 4. The van der Waals surface area contributed by atoms with Crippen molar-refractivity contribution in [1.82, 2.24) is 9.80 Å². The van der Waals surface area contributed by atoms with Crippen molar-refractivity contribution in [3.05, 3.63) is 34.9 Å². The number of benzene rings is 1. The van der Waals surface area contributed by atoms with Crippen molar-refractivity contribution < 1.29 is 14.4 Å². The van der Waals surface area contributed by atoms with E-state index >= 15 is 0 Å². The molecule has 26 heavy (non-hydrogen) atoms. The highest BCUT2D eigenvalue weighted by atomic mass is 16.2. The van der Waals surface area contributed by atoms with Crippen LogP contribution in [0.25, 0.3) is 0 Å². The molecule has 6 heteroatoms. The molecule has 3 amide bonds. The summed E-state index contributed by atoms with van der Waals surface area (Å²) in [6, 6.07) is 4.90. The maximum Gasteiger partial charge on any atom is 0.261 e. The average Bonchev–Trinajstić information content (AvgIpc) is 2.85.